The van der Waals surface area contributed by atoms with E-state index in [4.69, 9.17) is 10.9 Å². The summed E-state index contributed by atoms with van der Waals surface area (Å²) >= 11 is 0. The van der Waals surface area contributed by atoms with Gasteiger partial charge in [-0.05, 0) is 31.0 Å². The highest BCUT2D eigenvalue weighted by Gasteiger charge is 2.10. The molecule has 0 aromatic heterocycles. The largest absolute Gasteiger partial charge is 0.399 e. The third-order valence-electron chi connectivity index (χ3n) is 2.54. The Labute approximate surface area is 107 Å². The molecule has 0 saturated heterocycles. The number of anilines is 2. The zero-order chi connectivity index (χ0) is 13.8. The first kappa shape index (κ1) is 14.7. The van der Waals surface area contributed by atoms with E-state index in [0.717, 1.165) is 0 Å². The minimum Gasteiger partial charge on any atom is -0.399 e. The van der Waals surface area contributed by atoms with E-state index in [-0.39, 0.29) is 11.0 Å². The van der Waals surface area contributed by atoms with Crippen molar-refractivity contribution in [1.82, 2.24) is 0 Å². The number of aliphatic hydroxyl groups excluding tert-OH is 1. The SMILES string of the molecule is CCC(O)CCNc1cc(N)cc(S(N)(=O)=O)c1. The van der Waals surface area contributed by atoms with E-state index in [0.29, 0.717) is 30.8 Å². The summed E-state index contributed by atoms with van der Waals surface area (Å²) in [6, 6.07) is 4.35. The minimum absolute atomic E-state index is 0.0268. The van der Waals surface area contributed by atoms with Crippen LogP contribution in [0.25, 0.3) is 0 Å². The highest BCUT2D eigenvalue weighted by molar-refractivity contribution is 7.89. The summed E-state index contributed by atoms with van der Waals surface area (Å²) in [4.78, 5) is -0.0268. The van der Waals surface area contributed by atoms with Crippen molar-refractivity contribution in [2.45, 2.75) is 30.8 Å². The van der Waals surface area contributed by atoms with E-state index in [1.54, 1.807) is 6.07 Å². The lowest BCUT2D eigenvalue weighted by Gasteiger charge is -2.11. The van der Waals surface area contributed by atoms with Crippen LogP contribution in [0.15, 0.2) is 23.1 Å². The van der Waals surface area contributed by atoms with E-state index in [1.807, 2.05) is 6.92 Å². The van der Waals surface area contributed by atoms with Crippen LogP contribution < -0.4 is 16.2 Å². The van der Waals surface area contributed by atoms with E-state index < -0.39 is 10.0 Å². The molecule has 0 aliphatic rings. The lowest BCUT2D eigenvalue weighted by Crippen LogP contribution is -2.15. The number of hydrogen-bond donors (Lipinski definition) is 4. The number of hydrogen-bond acceptors (Lipinski definition) is 5. The number of aliphatic hydroxyl groups is 1. The second kappa shape index (κ2) is 6.03. The monoisotopic (exact) mass is 273 g/mol. The summed E-state index contributed by atoms with van der Waals surface area (Å²) in [5.41, 5.74) is 6.50. The van der Waals surface area contributed by atoms with Crippen LogP contribution in [0.2, 0.25) is 0 Å². The molecule has 7 heteroatoms. The predicted octanol–water partition coefficient (Wildman–Crippen LogP) is 0.489. The lowest BCUT2D eigenvalue weighted by molar-refractivity contribution is 0.164. The zero-order valence-corrected chi connectivity index (χ0v) is 11.1. The highest BCUT2D eigenvalue weighted by Crippen LogP contribution is 2.19. The van der Waals surface area contributed by atoms with Gasteiger partial charge in [-0.15, -0.1) is 0 Å². The third kappa shape index (κ3) is 4.52. The Balaban J connectivity index is 2.75. The van der Waals surface area contributed by atoms with E-state index in [2.05, 4.69) is 5.32 Å². The highest BCUT2D eigenvalue weighted by atomic mass is 32.2. The van der Waals surface area contributed by atoms with Gasteiger partial charge in [0.1, 0.15) is 0 Å². The fraction of sp³-hybridized carbons (Fsp3) is 0.455. The summed E-state index contributed by atoms with van der Waals surface area (Å²) in [6.07, 6.45) is 0.896. The standard InChI is InChI=1S/C11H19N3O3S/c1-2-10(15)3-4-14-9-5-8(12)6-11(7-9)18(13,16)17/h5-7,10,14-15H,2-4,12H2,1H3,(H2,13,16,17). The lowest BCUT2D eigenvalue weighted by atomic mass is 10.2. The van der Waals surface area contributed by atoms with Gasteiger partial charge in [-0.3, -0.25) is 0 Å². The fourth-order valence-corrected chi connectivity index (χ4v) is 2.07. The molecule has 0 fully saturated rings. The maximum atomic E-state index is 11.2. The smallest absolute Gasteiger partial charge is 0.238 e. The number of nitrogen functional groups attached to an aromatic ring is 1. The molecule has 1 aromatic rings. The predicted molar refractivity (Wildman–Crippen MR) is 71.6 cm³/mol. The molecule has 0 heterocycles. The number of primary sulfonamides is 1. The van der Waals surface area contributed by atoms with Gasteiger partial charge in [0.2, 0.25) is 10.0 Å². The van der Waals surface area contributed by atoms with Gasteiger partial charge in [0.05, 0.1) is 11.0 Å². The van der Waals surface area contributed by atoms with Crippen molar-refractivity contribution < 1.29 is 13.5 Å². The van der Waals surface area contributed by atoms with Gasteiger partial charge in [-0.25, -0.2) is 13.6 Å². The molecule has 0 aliphatic heterocycles. The summed E-state index contributed by atoms with van der Waals surface area (Å²) in [6.45, 7) is 2.42. The number of benzene rings is 1. The molecule has 0 spiro atoms. The molecule has 1 atom stereocenters. The second-order valence-corrected chi connectivity index (χ2v) is 5.67. The molecule has 6 nitrogen and oxygen atoms in total. The molecule has 0 bridgehead atoms. The van der Waals surface area contributed by atoms with Crippen LogP contribution in [0.4, 0.5) is 11.4 Å². The molecule has 1 unspecified atom stereocenters. The first-order valence-corrected chi connectivity index (χ1v) is 7.23. The Hall–Kier alpha value is -1.31. The average molecular weight is 273 g/mol. The Morgan fingerprint density at radius 1 is 1.39 bits per heavy atom. The van der Waals surface area contributed by atoms with Crippen LogP contribution in [-0.2, 0) is 10.0 Å². The van der Waals surface area contributed by atoms with Gasteiger partial charge in [-0.1, -0.05) is 6.92 Å². The van der Waals surface area contributed by atoms with Crippen LogP contribution in [0.3, 0.4) is 0 Å². The number of rotatable bonds is 6. The van der Waals surface area contributed by atoms with Gasteiger partial charge in [-0.2, -0.15) is 0 Å². The van der Waals surface area contributed by atoms with E-state index >= 15 is 0 Å². The first-order chi connectivity index (χ1) is 8.32. The summed E-state index contributed by atoms with van der Waals surface area (Å²) < 4.78 is 22.4. The van der Waals surface area contributed by atoms with Crippen molar-refractivity contribution in [3.05, 3.63) is 18.2 Å². The topological polar surface area (TPSA) is 118 Å². The summed E-state index contributed by atoms with van der Waals surface area (Å²) in [5, 5.41) is 17.4. The van der Waals surface area contributed by atoms with Crippen molar-refractivity contribution in [2.75, 3.05) is 17.6 Å². The van der Waals surface area contributed by atoms with Gasteiger partial charge in [0.25, 0.3) is 0 Å². The van der Waals surface area contributed by atoms with Gasteiger partial charge in [0.15, 0.2) is 0 Å². The number of nitrogens with one attached hydrogen (secondary N) is 1. The molecule has 6 N–H and O–H groups in total. The number of sulfonamides is 1. The van der Waals surface area contributed by atoms with Gasteiger partial charge >= 0.3 is 0 Å². The van der Waals surface area contributed by atoms with Gasteiger partial charge < -0.3 is 16.2 Å². The van der Waals surface area contributed by atoms with Crippen molar-refractivity contribution >= 4 is 21.4 Å². The van der Waals surface area contributed by atoms with Crippen molar-refractivity contribution in [3.8, 4) is 0 Å². The summed E-state index contributed by atoms with van der Waals surface area (Å²) in [5.74, 6) is 0. The molecular weight excluding hydrogens is 254 g/mol. The van der Waals surface area contributed by atoms with Crippen LogP contribution >= 0.6 is 0 Å². The van der Waals surface area contributed by atoms with Crippen LogP contribution in [0, 0.1) is 0 Å². The fourth-order valence-electron chi connectivity index (χ4n) is 1.48. The Kier molecular flexibility index (Phi) is 4.94. The third-order valence-corrected chi connectivity index (χ3v) is 3.43. The molecule has 0 saturated carbocycles. The molecule has 102 valence electrons. The van der Waals surface area contributed by atoms with E-state index in [1.165, 1.54) is 12.1 Å². The molecular formula is C11H19N3O3S. The maximum Gasteiger partial charge on any atom is 0.238 e. The van der Waals surface area contributed by atoms with Crippen molar-refractivity contribution in [2.24, 2.45) is 5.14 Å². The second-order valence-electron chi connectivity index (χ2n) is 4.11. The van der Waals surface area contributed by atoms with Crippen LogP contribution in [0.5, 0.6) is 0 Å². The molecule has 1 aromatic carbocycles. The average Bonchev–Trinajstić information content (AvgIpc) is 2.27. The number of nitrogens with two attached hydrogens (primary N) is 2. The molecule has 18 heavy (non-hydrogen) atoms. The maximum absolute atomic E-state index is 11.2. The Morgan fingerprint density at radius 3 is 2.61 bits per heavy atom. The summed E-state index contributed by atoms with van der Waals surface area (Å²) in [7, 11) is -3.76. The van der Waals surface area contributed by atoms with Gasteiger partial charge in [0, 0.05) is 17.9 Å². The Bertz CT molecular complexity index is 502. The van der Waals surface area contributed by atoms with Crippen molar-refractivity contribution in [1.29, 1.82) is 0 Å². The van der Waals surface area contributed by atoms with Crippen LogP contribution in [0.1, 0.15) is 19.8 Å². The minimum atomic E-state index is -3.76. The Morgan fingerprint density at radius 2 is 2.06 bits per heavy atom. The first-order valence-electron chi connectivity index (χ1n) is 5.68. The molecule has 1 rings (SSSR count). The normalized spacial score (nSPS) is 13.3. The molecule has 0 aliphatic carbocycles. The molecule has 0 amide bonds. The van der Waals surface area contributed by atoms with Crippen LogP contribution in [-0.4, -0.2) is 26.2 Å². The zero-order valence-electron chi connectivity index (χ0n) is 10.3. The quantitative estimate of drug-likeness (QED) is 0.562. The van der Waals surface area contributed by atoms with E-state index in [9.17, 15) is 13.5 Å². The van der Waals surface area contributed by atoms with Crippen molar-refractivity contribution in [3.63, 3.8) is 0 Å². The molecule has 0 radical (unpaired) electrons.